The maximum absolute atomic E-state index is 4.99. The van der Waals surface area contributed by atoms with Crippen LogP contribution in [0, 0.1) is 0 Å². The lowest BCUT2D eigenvalue weighted by molar-refractivity contribution is 0.0463. The minimum Gasteiger partial charge on any atom is -0.357 e. The summed E-state index contributed by atoms with van der Waals surface area (Å²) in [6.07, 6.45) is 4.08. The van der Waals surface area contributed by atoms with Gasteiger partial charge in [-0.15, -0.1) is 0 Å². The predicted molar refractivity (Wildman–Crippen MR) is 43.9 cm³/mol. The van der Waals surface area contributed by atoms with Gasteiger partial charge in [0, 0.05) is 26.0 Å². The summed E-state index contributed by atoms with van der Waals surface area (Å²) in [6.45, 7) is 3.43. The highest BCUT2D eigenvalue weighted by Crippen LogP contribution is 1.97. The molecule has 1 aromatic rings. The number of rotatable bonds is 4. The number of nitrogens with zero attached hydrogens (tertiary/aromatic N) is 1. The first kappa shape index (κ1) is 8.30. The van der Waals surface area contributed by atoms with E-state index in [4.69, 9.17) is 4.84 Å². The van der Waals surface area contributed by atoms with E-state index in [0.717, 1.165) is 6.54 Å². The van der Waals surface area contributed by atoms with Gasteiger partial charge in [-0.25, -0.2) is 0 Å². The van der Waals surface area contributed by atoms with Gasteiger partial charge in [0.25, 0.3) is 0 Å². The van der Waals surface area contributed by atoms with E-state index in [2.05, 4.69) is 17.7 Å². The van der Waals surface area contributed by atoms with E-state index in [9.17, 15) is 0 Å². The third-order valence-corrected chi connectivity index (χ3v) is 1.42. The van der Waals surface area contributed by atoms with Gasteiger partial charge in [0.2, 0.25) is 0 Å². The molecule has 0 saturated carbocycles. The average Bonchev–Trinajstić information content (AvgIpc) is 2.37. The molecule has 0 fully saturated rings. The highest BCUT2D eigenvalue weighted by Gasteiger charge is 1.91. The second kappa shape index (κ2) is 4.16. The second-order valence-electron chi connectivity index (χ2n) is 2.44. The molecule has 0 aliphatic carbocycles. The lowest BCUT2D eigenvalue weighted by Crippen LogP contribution is -2.12. The molecule has 1 rings (SSSR count). The van der Waals surface area contributed by atoms with Crippen molar-refractivity contribution < 1.29 is 4.84 Å². The molecule has 11 heavy (non-hydrogen) atoms. The summed E-state index contributed by atoms with van der Waals surface area (Å²) >= 11 is 0. The van der Waals surface area contributed by atoms with Gasteiger partial charge in [-0.1, -0.05) is 0 Å². The average molecular weight is 154 g/mol. The van der Waals surface area contributed by atoms with Gasteiger partial charge in [0.05, 0.1) is 6.61 Å². The summed E-state index contributed by atoms with van der Waals surface area (Å²) in [5.74, 6) is 0. The summed E-state index contributed by atoms with van der Waals surface area (Å²) in [6, 6.07) is 2.06. The molecular weight excluding hydrogens is 140 g/mol. The van der Waals surface area contributed by atoms with Gasteiger partial charge in [-0.3, -0.25) is 0 Å². The third kappa shape index (κ3) is 2.74. The van der Waals surface area contributed by atoms with Crippen LogP contribution < -0.4 is 5.48 Å². The molecule has 3 nitrogen and oxygen atoms in total. The highest BCUT2D eigenvalue weighted by atomic mass is 16.6. The fourth-order valence-electron chi connectivity index (χ4n) is 0.902. The van der Waals surface area contributed by atoms with Crippen molar-refractivity contribution in [2.75, 3.05) is 6.61 Å². The normalized spacial score (nSPS) is 10.4. The summed E-state index contributed by atoms with van der Waals surface area (Å²) in [4.78, 5) is 4.99. The molecule has 0 saturated heterocycles. The van der Waals surface area contributed by atoms with Gasteiger partial charge >= 0.3 is 0 Å². The fraction of sp³-hybridized carbons (Fsp3) is 0.500. The van der Waals surface area contributed by atoms with Gasteiger partial charge in [-0.05, 0) is 18.6 Å². The minimum absolute atomic E-state index is 0.701. The first-order valence-electron chi connectivity index (χ1n) is 3.78. The molecule has 0 spiro atoms. The zero-order chi connectivity index (χ0) is 8.10. The minimum atomic E-state index is 0.701. The summed E-state index contributed by atoms with van der Waals surface area (Å²) < 4.78 is 2.02. The summed E-state index contributed by atoms with van der Waals surface area (Å²) in [5, 5.41) is 0. The van der Waals surface area contributed by atoms with Crippen molar-refractivity contribution in [2.45, 2.75) is 13.5 Å². The van der Waals surface area contributed by atoms with Crippen LogP contribution >= 0.6 is 0 Å². The van der Waals surface area contributed by atoms with E-state index in [-0.39, 0.29) is 0 Å². The lowest BCUT2D eigenvalue weighted by atomic mass is 10.3. The quantitative estimate of drug-likeness (QED) is 0.518. The number of hydrogen-bond acceptors (Lipinski definition) is 2. The number of aryl methyl sites for hydroxylation is 1. The predicted octanol–water partition coefficient (Wildman–Crippen LogP) is 1.07. The van der Waals surface area contributed by atoms with Crippen molar-refractivity contribution in [3.8, 4) is 0 Å². The Balaban J connectivity index is 2.27. The molecule has 0 atom stereocenters. The maximum Gasteiger partial charge on any atom is 0.0654 e. The number of aromatic nitrogens is 1. The Morgan fingerprint density at radius 2 is 2.45 bits per heavy atom. The van der Waals surface area contributed by atoms with Crippen molar-refractivity contribution in [1.82, 2.24) is 10.0 Å². The Labute approximate surface area is 66.9 Å². The summed E-state index contributed by atoms with van der Waals surface area (Å²) in [7, 11) is 2.00. The molecule has 62 valence electrons. The first-order chi connectivity index (χ1) is 5.33. The maximum atomic E-state index is 4.99. The third-order valence-electron chi connectivity index (χ3n) is 1.42. The molecule has 0 aliphatic heterocycles. The van der Waals surface area contributed by atoms with Crippen LogP contribution in [0.15, 0.2) is 18.5 Å². The molecule has 0 unspecified atom stereocenters. The molecule has 0 bridgehead atoms. The highest BCUT2D eigenvalue weighted by molar-refractivity contribution is 5.08. The van der Waals surface area contributed by atoms with Gasteiger partial charge in [0.1, 0.15) is 0 Å². The van der Waals surface area contributed by atoms with E-state index in [1.807, 2.05) is 24.7 Å². The largest absolute Gasteiger partial charge is 0.357 e. The standard InChI is InChI=1S/C8H14N2O/c1-3-11-9-6-8-4-5-10(2)7-8/h4-5,7,9H,3,6H2,1-2H3. The van der Waals surface area contributed by atoms with Crippen molar-refractivity contribution in [1.29, 1.82) is 0 Å². The molecule has 0 radical (unpaired) electrons. The Morgan fingerprint density at radius 1 is 1.64 bits per heavy atom. The van der Waals surface area contributed by atoms with E-state index >= 15 is 0 Å². The molecule has 1 aromatic heterocycles. The number of hydroxylamine groups is 1. The van der Waals surface area contributed by atoms with E-state index in [1.54, 1.807) is 0 Å². The Morgan fingerprint density at radius 3 is 3.00 bits per heavy atom. The van der Waals surface area contributed by atoms with Crippen LogP contribution in [0.4, 0.5) is 0 Å². The zero-order valence-corrected chi connectivity index (χ0v) is 7.00. The van der Waals surface area contributed by atoms with Crippen molar-refractivity contribution in [3.05, 3.63) is 24.0 Å². The molecule has 0 aromatic carbocycles. The van der Waals surface area contributed by atoms with Crippen molar-refractivity contribution in [3.63, 3.8) is 0 Å². The van der Waals surface area contributed by atoms with Gasteiger partial charge < -0.3 is 9.40 Å². The van der Waals surface area contributed by atoms with E-state index < -0.39 is 0 Å². The molecular formula is C8H14N2O. The second-order valence-corrected chi connectivity index (χ2v) is 2.44. The van der Waals surface area contributed by atoms with Crippen LogP contribution in [0.25, 0.3) is 0 Å². The smallest absolute Gasteiger partial charge is 0.0654 e. The van der Waals surface area contributed by atoms with Gasteiger partial charge in [-0.2, -0.15) is 5.48 Å². The van der Waals surface area contributed by atoms with Crippen LogP contribution in [-0.2, 0) is 18.4 Å². The molecule has 1 heterocycles. The topological polar surface area (TPSA) is 26.2 Å². The number of nitrogens with one attached hydrogen (secondary N) is 1. The Bertz CT molecular complexity index is 208. The summed E-state index contributed by atoms with van der Waals surface area (Å²) in [5.41, 5.74) is 4.09. The Hall–Kier alpha value is -0.800. The van der Waals surface area contributed by atoms with E-state index in [1.165, 1.54) is 5.56 Å². The fourth-order valence-corrected chi connectivity index (χ4v) is 0.902. The molecule has 0 amide bonds. The molecule has 1 N–H and O–H groups in total. The Kier molecular flexibility index (Phi) is 3.14. The first-order valence-corrected chi connectivity index (χ1v) is 3.78. The van der Waals surface area contributed by atoms with Gasteiger partial charge in [0.15, 0.2) is 0 Å². The van der Waals surface area contributed by atoms with Crippen molar-refractivity contribution in [2.24, 2.45) is 7.05 Å². The van der Waals surface area contributed by atoms with E-state index in [0.29, 0.717) is 6.61 Å². The SMILES string of the molecule is CCONCc1ccn(C)c1. The lowest BCUT2D eigenvalue weighted by Gasteiger charge is -1.99. The zero-order valence-electron chi connectivity index (χ0n) is 7.00. The molecule has 3 heteroatoms. The van der Waals surface area contributed by atoms with Crippen LogP contribution in [0.5, 0.6) is 0 Å². The van der Waals surface area contributed by atoms with Crippen LogP contribution in [0.1, 0.15) is 12.5 Å². The van der Waals surface area contributed by atoms with Crippen LogP contribution in [0.2, 0.25) is 0 Å². The molecule has 0 aliphatic rings. The van der Waals surface area contributed by atoms with Crippen LogP contribution in [-0.4, -0.2) is 11.2 Å². The number of hydrogen-bond donors (Lipinski definition) is 1. The monoisotopic (exact) mass is 154 g/mol. The van der Waals surface area contributed by atoms with Crippen molar-refractivity contribution >= 4 is 0 Å². The van der Waals surface area contributed by atoms with Crippen LogP contribution in [0.3, 0.4) is 0 Å².